The predicted octanol–water partition coefficient (Wildman–Crippen LogP) is 0.554. The second kappa shape index (κ2) is 5.18. The largest absolute Gasteiger partial charge is 0.501 e. The number of esters is 2. The van der Waals surface area contributed by atoms with Crippen LogP contribution in [0.25, 0.3) is 0 Å². The lowest BCUT2D eigenvalue weighted by atomic mass is 10.2. The maximum atomic E-state index is 10.9. The molecule has 0 atom stereocenters. The first kappa shape index (κ1) is 11.5. The zero-order valence-corrected chi connectivity index (χ0v) is 7.79. The van der Waals surface area contributed by atoms with Gasteiger partial charge in [0.1, 0.15) is 0 Å². The summed E-state index contributed by atoms with van der Waals surface area (Å²) in [6.07, 6.45) is 0. The van der Waals surface area contributed by atoms with Gasteiger partial charge in [0.25, 0.3) is 0 Å². The summed E-state index contributed by atoms with van der Waals surface area (Å²) in [5.74, 6) is -2.40. The molecule has 0 aliphatic carbocycles. The van der Waals surface area contributed by atoms with Crippen LogP contribution in [0.2, 0.25) is 0 Å². The molecule has 0 heterocycles. The van der Waals surface area contributed by atoms with Crippen molar-refractivity contribution >= 4 is 11.9 Å². The number of carbonyl (C=O) groups is 2. The molecule has 0 rings (SSSR count). The average molecular weight is 188 g/mol. The van der Waals surface area contributed by atoms with E-state index in [9.17, 15) is 9.59 Å². The monoisotopic (exact) mass is 188 g/mol. The highest BCUT2D eigenvalue weighted by Crippen LogP contribution is 2.04. The van der Waals surface area contributed by atoms with Gasteiger partial charge in [-0.25, -0.2) is 9.59 Å². The van der Waals surface area contributed by atoms with Crippen molar-refractivity contribution in [1.82, 2.24) is 0 Å². The number of hydrogen-bond acceptors (Lipinski definition) is 5. The second-order valence-electron chi connectivity index (χ2n) is 2.19. The smallest absolute Gasteiger partial charge is 0.373 e. The molecule has 5 nitrogen and oxygen atoms in total. The molecule has 0 aliphatic heterocycles. The van der Waals surface area contributed by atoms with Gasteiger partial charge in [0.05, 0.1) is 19.3 Å². The van der Waals surface area contributed by atoms with Crippen molar-refractivity contribution in [1.29, 1.82) is 0 Å². The number of methoxy groups -OCH3 is 1. The van der Waals surface area contributed by atoms with Gasteiger partial charge in [0.15, 0.2) is 0 Å². The third-order valence-corrected chi connectivity index (χ3v) is 1.32. The highest BCUT2D eigenvalue weighted by molar-refractivity contribution is 5.98. The van der Waals surface area contributed by atoms with Crippen LogP contribution < -0.4 is 0 Å². The van der Waals surface area contributed by atoms with Crippen LogP contribution in [-0.2, 0) is 19.1 Å². The summed E-state index contributed by atoms with van der Waals surface area (Å²) in [5.41, 5.74) is -0.166. The van der Waals surface area contributed by atoms with E-state index in [-0.39, 0.29) is 12.2 Å². The van der Waals surface area contributed by atoms with E-state index in [4.69, 9.17) is 5.11 Å². The quantitative estimate of drug-likeness (QED) is 0.398. The molecule has 74 valence electrons. The van der Waals surface area contributed by atoms with Crippen LogP contribution >= 0.6 is 0 Å². The van der Waals surface area contributed by atoms with E-state index < -0.39 is 17.7 Å². The van der Waals surface area contributed by atoms with Crippen LogP contribution in [0.1, 0.15) is 13.8 Å². The molecule has 0 spiro atoms. The summed E-state index contributed by atoms with van der Waals surface area (Å²) in [7, 11) is 1.16. The Bertz CT molecular complexity index is 241. The Hall–Kier alpha value is -1.52. The van der Waals surface area contributed by atoms with Crippen molar-refractivity contribution in [3.05, 3.63) is 11.3 Å². The molecule has 0 aliphatic rings. The molecular formula is C8H12O5. The number of aliphatic hydroxyl groups is 1. The topological polar surface area (TPSA) is 72.8 Å². The molecule has 0 saturated heterocycles. The van der Waals surface area contributed by atoms with E-state index in [1.807, 2.05) is 0 Å². The van der Waals surface area contributed by atoms with E-state index in [1.165, 1.54) is 6.92 Å². The van der Waals surface area contributed by atoms with E-state index in [2.05, 4.69) is 9.47 Å². The first-order chi connectivity index (χ1) is 6.04. The van der Waals surface area contributed by atoms with Gasteiger partial charge in [-0.3, -0.25) is 0 Å². The second-order valence-corrected chi connectivity index (χ2v) is 2.19. The summed E-state index contributed by atoms with van der Waals surface area (Å²) in [4.78, 5) is 21.7. The zero-order chi connectivity index (χ0) is 10.4. The van der Waals surface area contributed by atoms with Gasteiger partial charge in [-0.1, -0.05) is 0 Å². The fourth-order valence-electron chi connectivity index (χ4n) is 0.602. The molecule has 1 N–H and O–H groups in total. The molecule has 0 fully saturated rings. The zero-order valence-electron chi connectivity index (χ0n) is 7.79. The molecule has 13 heavy (non-hydrogen) atoms. The Balaban J connectivity index is 4.60. The van der Waals surface area contributed by atoms with Crippen molar-refractivity contribution in [3.8, 4) is 0 Å². The normalized spacial score (nSPS) is 11.6. The Labute approximate surface area is 75.9 Å². The van der Waals surface area contributed by atoms with Gasteiger partial charge in [-0.05, 0) is 13.8 Å². The van der Waals surface area contributed by atoms with Crippen molar-refractivity contribution in [2.45, 2.75) is 13.8 Å². The van der Waals surface area contributed by atoms with Gasteiger partial charge in [0, 0.05) is 0 Å². The summed E-state index contributed by atoms with van der Waals surface area (Å²) >= 11 is 0. The molecule has 5 heteroatoms. The van der Waals surface area contributed by atoms with E-state index in [0.717, 1.165) is 7.11 Å². The van der Waals surface area contributed by atoms with Crippen LogP contribution in [0.5, 0.6) is 0 Å². The van der Waals surface area contributed by atoms with Crippen LogP contribution in [0.3, 0.4) is 0 Å². The van der Waals surface area contributed by atoms with Crippen molar-refractivity contribution in [3.63, 3.8) is 0 Å². The highest BCUT2D eigenvalue weighted by atomic mass is 16.5. The lowest BCUT2D eigenvalue weighted by molar-refractivity contribution is -0.143. The van der Waals surface area contributed by atoms with Crippen LogP contribution in [0.4, 0.5) is 0 Å². The highest BCUT2D eigenvalue weighted by Gasteiger charge is 2.17. The Morgan fingerprint density at radius 3 is 2.23 bits per heavy atom. The van der Waals surface area contributed by atoms with Crippen LogP contribution in [0.15, 0.2) is 11.3 Å². The minimum absolute atomic E-state index is 0.136. The van der Waals surface area contributed by atoms with Gasteiger partial charge < -0.3 is 14.6 Å². The van der Waals surface area contributed by atoms with E-state index >= 15 is 0 Å². The molecule has 0 saturated carbocycles. The Morgan fingerprint density at radius 1 is 1.31 bits per heavy atom. The first-order valence-electron chi connectivity index (χ1n) is 3.69. The minimum Gasteiger partial charge on any atom is -0.501 e. The van der Waals surface area contributed by atoms with Crippen LogP contribution in [0, 0.1) is 0 Å². The summed E-state index contributed by atoms with van der Waals surface area (Å²) in [6.45, 7) is 3.01. The fourth-order valence-corrected chi connectivity index (χ4v) is 0.602. The van der Waals surface area contributed by atoms with Gasteiger partial charge >= 0.3 is 11.9 Å². The molecule has 0 unspecified atom stereocenters. The number of carbonyl (C=O) groups excluding carboxylic acids is 2. The minimum atomic E-state index is -0.926. The maximum absolute atomic E-state index is 10.9. The van der Waals surface area contributed by atoms with Crippen molar-refractivity contribution in [2.24, 2.45) is 0 Å². The molecule has 0 aromatic heterocycles. The first-order valence-corrected chi connectivity index (χ1v) is 3.69. The fraction of sp³-hybridized carbons (Fsp3) is 0.500. The standard InChI is InChI=1S/C8H12O5/c1-4-13-8(11)6(9)5(2)7(10)12-3/h9H,4H2,1-3H3/b6-5-. The molecule has 0 aromatic carbocycles. The molecule has 0 amide bonds. The van der Waals surface area contributed by atoms with Crippen molar-refractivity contribution < 1.29 is 24.2 Å². The summed E-state index contributed by atoms with van der Waals surface area (Å²) < 4.78 is 8.76. The Morgan fingerprint density at radius 2 is 1.85 bits per heavy atom. The number of rotatable bonds is 3. The molecule has 0 radical (unpaired) electrons. The predicted molar refractivity (Wildman–Crippen MR) is 44.0 cm³/mol. The number of aliphatic hydroxyl groups excluding tert-OH is 1. The molecule has 0 bridgehead atoms. The SMILES string of the molecule is CCOC(=O)/C(O)=C(\C)C(=O)OC. The van der Waals surface area contributed by atoms with Gasteiger partial charge in [0.2, 0.25) is 5.76 Å². The number of hydrogen-bond donors (Lipinski definition) is 1. The van der Waals surface area contributed by atoms with Gasteiger partial charge in [-0.15, -0.1) is 0 Å². The average Bonchev–Trinajstić information content (AvgIpc) is 2.14. The van der Waals surface area contributed by atoms with Crippen molar-refractivity contribution in [2.75, 3.05) is 13.7 Å². The van der Waals surface area contributed by atoms with Crippen LogP contribution in [-0.4, -0.2) is 30.8 Å². The lowest BCUT2D eigenvalue weighted by Crippen LogP contribution is -2.13. The third-order valence-electron chi connectivity index (χ3n) is 1.32. The molecular weight excluding hydrogens is 176 g/mol. The van der Waals surface area contributed by atoms with E-state index in [0.29, 0.717) is 0 Å². The molecule has 0 aromatic rings. The lowest BCUT2D eigenvalue weighted by Gasteiger charge is -2.03. The van der Waals surface area contributed by atoms with Gasteiger partial charge in [-0.2, -0.15) is 0 Å². The van der Waals surface area contributed by atoms with E-state index in [1.54, 1.807) is 6.92 Å². The Kier molecular flexibility index (Phi) is 4.58. The third kappa shape index (κ3) is 3.14. The number of ether oxygens (including phenoxy) is 2. The summed E-state index contributed by atoms with van der Waals surface area (Å²) in [5, 5.41) is 9.12. The maximum Gasteiger partial charge on any atom is 0.373 e. The summed E-state index contributed by atoms with van der Waals surface area (Å²) in [6, 6.07) is 0.